The number of unbranched alkanes of at least 4 members (excludes halogenated alkanes) is 1. The maximum atomic E-state index is 5.55. The summed E-state index contributed by atoms with van der Waals surface area (Å²) in [6.07, 6.45) is 8.00. The minimum atomic E-state index is 0.211. The Hall–Kier alpha value is -0.340. The molecule has 0 bridgehead atoms. The van der Waals surface area contributed by atoms with E-state index in [-0.39, 0.29) is 6.10 Å². The lowest BCUT2D eigenvalue weighted by Crippen LogP contribution is -2.30. The Balaban J connectivity index is 2.05. The van der Waals surface area contributed by atoms with E-state index in [0.29, 0.717) is 5.92 Å². The van der Waals surface area contributed by atoms with Crippen LogP contribution in [0.5, 0.6) is 0 Å². The smallest absolute Gasteiger partial charge is 0.0844 e. The summed E-state index contributed by atoms with van der Waals surface area (Å²) in [5, 5.41) is 0. The lowest BCUT2D eigenvalue weighted by molar-refractivity contribution is -0.0772. The zero-order chi connectivity index (χ0) is 10.2. The van der Waals surface area contributed by atoms with Gasteiger partial charge < -0.3 is 9.47 Å². The van der Waals surface area contributed by atoms with Gasteiger partial charge in [-0.15, -0.1) is 6.58 Å². The van der Waals surface area contributed by atoms with Crippen molar-refractivity contribution in [3.63, 3.8) is 0 Å². The molecule has 1 heterocycles. The van der Waals surface area contributed by atoms with Crippen LogP contribution in [0, 0.1) is 12.3 Å². The molecule has 1 aliphatic heterocycles. The lowest BCUT2D eigenvalue weighted by atomic mass is 9.97. The minimum Gasteiger partial charge on any atom is -0.376 e. The third kappa shape index (κ3) is 4.77. The second kappa shape index (κ2) is 7.02. The summed E-state index contributed by atoms with van der Waals surface area (Å²) in [6.45, 7) is 8.17. The summed E-state index contributed by atoms with van der Waals surface area (Å²) in [6, 6.07) is 0. The molecule has 1 radical (unpaired) electrons. The molecule has 1 rings (SSSR count). The monoisotopic (exact) mass is 197 g/mol. The van der Waals surface area contributed by atoms with Gasteiger partial charge in [-0.05, 0) is 25.2 Å². The molecule has 0 aromatic carbocycles. The normalized spacial score (nSPS) is 24.5. The molecule has 0 aliphatic carbocycles. The maximum Gasteiger partial charge on any atom is 0.0844 e. The molecule has 0 spiro atoms. The fourth-order valence-electron chi connectivity index (χ4n) is 1.66. The molecule has 2 unspecified atom stereocenters. The van der Waals surface area contributed by atoms with Crippen molar-refractivity contribution < 1.29 is 9.47 Å². The van der Waals surface area contributed by atoms with Crippen LogP contribution in [0.15, 0.2) is 12.7 Å². The zero-order valence-corrected chi connectivity index (χ0v) is 9.08. The molecule has 0 amide bonds. The van der Waals surface area contributed by atoms with Crippen molar-refractivity contribution in [2.24, 2.45) is 5.92 Å². The summed E-state index contributed by atoms with van der Waals surface area (Å²) in [4.78, 5) is 0. The summed E-state index contributed by atoms with van der Waals surface area (Å²) in [5.74, 6) is 0.613. The van der Waals surface area contributed by atoms with E-state index in [1.165, 1.54) is 12.8 Å². The average molecular weight is 197 g/mol. The maximum absolute atomic E-state index is 5.55. The van der Waals surface area contributed by atoms with Crippen LogP contribution in [-0.4, -0.2) is 25.9 Å². The lowest BCUT2D eigenvalue weighted by Gasteiger charge is -2.25. The molecular weight excluding hydrogens is 176 g/mol. The van der Waals surface area contributed by atoms with Crippen LogP contribution in [0.1, 0.15) is 26.2 Å². The van der Waals surface area contributed by atoms with Gasteiger partial charge in [0.05, 0.1) is 25.9 Å². The van der Waals surface area contributed by atoms with Gasteiger partial charge >= 0.3 is 0 Å². The van der Waals surface area contributed by atoms with Crippen LogP contribution in [0.3, 0.4) is 0 Å². The van der Waals surface area contributed by atoms with Crippen molar-refractivity contribution in [2.45, 2.75) is 32.3 Å². The minimum absolute atomic E-state index is 0.211. The molecule has 1 saturated heterocycles. The van der Waals surface area contributed by atoms with Crippen molar-refractivity contribution in [1.82, 2.24) is 0 Å². The van der Waals surface area contributed by atoms with Gasteiger partial charge in [0.1, 0.15) is 0 Å². The van der Waals surface area contributed by atoms with Gasteiger partial charge in [-0.25, -0.2) is 0 Å². The number of hydrogen-bond acceptors (Lipinski definition) is 2. The highest BCUT2D eigenvalue weighted by Crippen LogP contribution is 2.16. The summed E-state index contributed by atoms with van der Waals surface area (Å²) >= 11 is 0. The van der Waals surface area contributed by atoms with Crippen LogP contribution < -0.4 is 0 Å². The Kier molecular flexibility index (Phi) is 5.88. The Morgan fingerprint density at radius 1 is 1.50 bits per heavy atom. The molecule has 1 fully saturated rings. The summed E-state index contributed by atoms with van der Waals surface area (Å²) in [5.41, 5.74) is 0. The van der Waals surface area contributed by atoms with Gasteiger partial charge in [0.2, 0.25) is 0 Å². The first-order chi connectivity index (χ1) is 6.83. The van der Waals surface area contributed by atoms with Gasteiger partial charge in [0.15, 0.2) is 0 Å². The standard InChI is InChI=1S/C12H21O2/c1-3-4-5-6-11(2)9-12-10-13-7-8-14-12/h3,9,11-12H,1,4-8,10H2,2H3. The van der Waals surface area contributed by atoms with Crippen LogP contribution in [0.2, 0.25) is 0 Å². The third-order valence-corrected chi connectivity index (χ3v) is 2.45. The van der Waals surface area contributed by atoms with Gasteiger partial charge in [-0.1, -0.05) is 19.4 Å². The van der Waals surface area contributed by atoms with Gasteiger partial charge in [-0.2, -0.15) is 0 Å². The predicted molar refractivity (Wildman–Crippen MR) is 58.1 cm³/mol. The molecule has 2 heteroatoms. The fourth-order valence-corrected chi connectivity index (χ4v) is 1.66. The molecule has 14 heavy (non-hydrogen) atoms. The Bertz CT molecular complexity index is 150. The number of allylic oxidation sites excluding steroid dienone is 1. The van der Waals surface area contributed by atoms with E-state index in [2.05, 4.69) is 19.9 Å². The van der Waals surface area contributed by atoms with Gasteiger partial charge in [0, 0.05) is 0 Å². The Morgan fingerprint density at radius 2 is 2.36 bits per heavy atom. The largest absolute Gasteiger partial charge is 0.376 e. The first-order valence-corrected chi connectivity index (χ1v) is 5.48. The fraction of sp³-hybridized carbons (Fsp3) is 0.750. The zero-order valence-electron chi connectivity index (χ0n) is 9.08. The second-order valence-corrected chi connectivity index (χ2v) is 3.87. The molecule has 0 saturated carbocycles. The van der Waals surface area contributed by atoms with E-state index < -0.39 is 0 Å². The van der Waals surface area contributed by atoms with Crippen molar-refractivity contribution in [1.29, 1.82) is 0 Å². The molecule has 0 N–H and O–H groups in total. The highest BCUT2D eigenvalue weighted by molar-refractivity contribution is 4.84. The predicted octanol–water partition coefficient (Wildman–Crippen LogP) is 2.60. The summed E-state index contributed by atoms with van der Waals surface area (Å²) in [7, 11) is 0. The van der Waals surface area contributed by atoms with Gasteiger partial charge in [0.25, 0.3) is 0 Å². The second-order valence-electron chi connectivity index (χ2n) is 3.87. The highest BCUT2D eigenvalue weighted by atomic mass is 16.6. The van der Waals surface area contributed by atoms with E-state index in [9.17, 15) is 0 Å². The average Bonchev–Trinajstić information content (AvgIpc) is 2.20. The van der Waals surface area contributed by atoms with Crippen molar-refractivity contribution in [3.8, 4) is 0 Å². The first-order valence-electron chi connectivity index (χ1n) is 5.48. The molecule has 0 aromatic heterocycles. The number of hydrogen-bond donors (Lipinski definition) is 0. The van der Waals surface area contributed by atoms with E-state index >= 15 is 0 Å². The Labute approximate surface area is 87.3 Å². The SMILES string of the molecule is C=CCCCC(C)[CH]C1COCCO1. The van der Waals surface area contributed by atoms with Gasteiger partial charge in [-0.3, -0.25) is 0 Å². The van der Waals surface area contributed by atoms with Crippen molar-refractivity contribution in [2.75, 3.05) is 19.8 Å². The number of rotatable bonds is 6. The van der Waals surface area contributed by atoms with Crippen LogP contribution in [-0.2, 0) is 9.47 Å². The molecule has 1 aliphatic rings. The quantitative estimate of drug-likeness (QED) is 0.481. The third-order valence-electron chi connectivity index (χ3n) is 2.45. The Morgan fingerprint density at radius 3 is 3.00 bits per heavy atom. The van der Waals surface area contributed by atoms with Crippen LogP contribution in [0.4, 0.5) is 0 Å². The number of ether oxygens (including phenoxy) is 2. The van der Waals surface area contributed by atoms with Crippen molar-refractivity contribution in [3.05, 3.63) is 19.1 Å². The van der Waals surface area contributed by atoms with E-state index in [1.807, 2.05) is 6.08 Å². The van der Waals surface area contributed by atoms with Crippen LogP contribution >= 0.6 is 0 Å². The highest BCUT2D eigenvalue weighted by Gasteiger charge is 2.17. The molecule has 81 valence electrons. The molecular formula is C12H21O2. The molecule has 2 nitrogen and oxygen atoms in total. The molecule has 0 aromatic rings. The van der Waals surface area contributed by atoms with E-state index in [4.69, 9.17) is 9.47 Å². The summed E-state index contributed by atoms with van der Waals surface area (Å²) < 4.78 is 10.9. The molecule has 2 atom stereocenters. The van der Waals surface area contributed by atoms with Crippen LogP contribution in [0.25, 0.3) is 0 Å². The van der Waals surface area contributed by atoms with E-state index in [0.717, 1.165) is 26.2 Å². The topological polar surface area (TPSA) is 18.5 Å². The first kappa shape index (κ1) is 11.7. The van der Waals surface area contributed by atoms with Crippen molar-refractivity contribution >= 4 is 0 Å². The van der Waals surface area contributed by atoms with E-state index in [1.54, 1.807) is 0 Å².